The molecule has 10 aromatic rings. The van der Waals surface area contributed by atoms with Crippen LogP contribution < -0.4 is 4.90 Å². The monoisotopic (exact) mass is 679 g/mol. The smallest absolute Gasteiger partial charge is 0.135 e. The van der Waals surface area contributed by atoms with Gasteiger partial charge in [0, 0.05) is 39.0 Å². The molecule has 0 saturated heterocycles. The van der Waals surface area contributed by atoms with E-state index in [2.05, 4.69) is 175 Å². The summed E-state index contributed by atoms with van der Waals surface area (Å²) in [6.45, 7) is 0. The number of furan rings is 2. The van der Waals surface area contributed by atoms with Crippen LogP contribution in [0.3, 0.4) is 0 Å². The maximum atomic E-state index is 6.84. The zero-order chi connectivity index (χ0) is 34.9. The molecule has 1 unspecified atom stereocenters. The van der Waals surface area contributed by atoms with Gasteiger partial charge in [-0.25, -0.2) is 0 Å². The van der Waals surface area contributed by atoms with Crippen LogP contribution in [0, 0.1) is 0 Å². The zero-order valence-corrected chi connectivity index (χ0v) is 28.9. The third-order valence-electron chi connectivity index (χ3n) is 11.0. The molecule has 0 saturated carbocycles. The second kappa shape index (κ2) is 11.9. The summed E-state index contributed by atoms with van der Waals surface area (Å²) in [5.74, 6) is 1.05. The molecule has 53 heavy (non-hydrogen) atoms. The fourth-order valence-electron chi connectivity index (χ4n) is 8.50. The molecule has 0 radical (unpaired) electrons. The van der Waals surface area contributed by atoms with Gasteiger partial charge in [0.05, 0.1) is 5.69 Å². The van der Waals surface area contributed by atoms with Gasteiger partial charge in [-0.1, -0.05) is 127 Å². The molecule has 0 aliphatic heterocycles. The minimum atomic E-state index is 0.0314. The van der Waals surface area contributed by atoms with Gasteiger partial charge in [-0.3, -0.25) is 0 Å². The highest BCUT2D eigenvalue weighted by atomic mass is 16.3. The number of allylic oxidation sites excluding steroid dienone is 1. The second-order valence-electron chi connectivity index (χ2n) is 14.0. The minimum Gasteiger partial charge on any atom is -0.460 e. The number of anilines is 3. The van der Waals surface area contributed by atoms with Gasteiger partial charge in [-0.2, -0.15) is 0 Å². The Morgan fingerprint density at radius 1 is 0.472 bits per heavy atom. The van der Waals surface area contributed by atoms with E-state index in [4.69, 9.17) is 8.83 Å². The van der Waals surface area contributed by atoms with Gasteiger partial charge in [0.15, 0.2) is 0 Å². The fraction of sp³-hybridized carbons (Fsp3) is 0.0400. The van der Waals surface area contributed by atoms with Gasteiger partial charge < -0.3 is 13.7 Å². The number of para-hydroxylation sites is 2. The Bertz CT molecular complexity index is 3060. The maximum absolute atomic E-state index is 6.84. The lowest BCUT2D eigenvalue weighted by Crippen LogP contribution is -2.15. The molecule has 2 aromatic heterocycles. The first-order chi connectivity index (χ1) is 26.3. The normalized spacial score (nSPS) is 14.1. The first-order valence-electron chi connectivity index (χ1n) is 18.3. The van der Waals surface area contributed by atoms with Gasteiger partial charge in [-0.05, 0) is 99.3 Å². The van der Waals surface area contributed by atoms with Crippen molar-refractivity contribution in [2.75, 3.05) is 4.90 Å². The third-order valence-corrected chi connectivity index (χ3v) is 11.0. The van der Waals surface area contributed by atoms with Crippen LogP contribution in [-0.4, -0.2) is 0 Å². The summed E-state index contributed by atoms with van der Waals surface area (Å²) in [5.41, 5.74) is 10.7. The van der Waals surface area contributed by atoms with Crippen molar-refractivity contribution in [3.63, 3.8) is 0 Å². The minimum absolute atomic E-state index is 0.0314. The molecule has 0 N–H and O–H groups in total. The van der Waals surface area contributed by atoms with Crippen molar-refractivity contribution < 1.29 is 8.83 Å². The van der Waals surface area contributed by atoms with Gasteiger partial charge in [-0.15, -0.1) is 0 Å². The Morgan fingerprint density at radius 3 is 2.11 bits per heavy atom. The van der Waals surface area contributed by atoms with Crippen LogP contribution in [0.25, 0.3) is 71.7 Å². The lowest BCUT2D eigenvalue weighted by molar-refractivity contribution is 0.517. The molecule has 1 atom stereocenters. The summed E-state index contributed by atoms with van der Waals surface area (Å²) in [5, 5.41) is 8.25. The summed E-state index contributed by atoms with van der Waals surface area (Å²) in [6.07, 6.45) is 5.40. The van der Waals surface area contributed by atoms with Crippen molar-refractivity contribution in [1.29, 1.82) is 0 Å². The summed E-state index contributed by atoms with van der Waals surface area (Å²) < 4.78 is 13.1. The molecule has 8 aromatic carbocycles. The third kappa shape index (κ3) is 4.82. The van der Waals surface area contributed by atoms with Crippen LogP contribution in [0.2, 0.25) is 0 Å². The Hall–Kier alpha value is -6.84. The predicted octanol–water partition coefficient (Wildman–Crippen LogP) is 14.3. The quantitative estimate of drug-likeness (QED) is 0.181. The highest BCUT2D eigenvalue weighted by Gasteiger charge is 2.29. The first kappa shape index (κ1) is 29.8. The first-order valence-corrected chi connectivity index (χ1v) is 18.3. The molecule has 11 rings (SSSR count). The number of hydrogen-bond donors (Lipinski definition) is 0. The van der Waals surface area contributed by atoms with E-state index < -0.39 is 0 Å². The molecule has 0 bridgehead atoms. The molecule has 1 aliphatic carbocycles. The highest BCUT2D eigenvalue weighted by molar-refractivity contribution is 6.07. The molecular weight excluding hydrogens is 647 g/mol. The van der Waals surface area contributed by atoms with Gasteiger partial charge in [0.2, 0.25) is 0 Å². The van der Waals surface area contributed by atoms with Crippen molar-refractivity contribution in [2.45, 2.75) is 12.3 Å². The van der Waals surface area contributed by atoms with Crippen LogP contribution in [0.4, 0.5) is 17.1 Å². The Balaban J connectivity index is 1.13. The highest BCUT2D eigenvalue weighted by Crippen LogP contribution is 2.48. The van der Waals surface area contributed by atoms with Crippen molar-refractivity contribution in [2.24, 2.45) is 0 Å². The van der Waals surface area contributed by atoms with Crippen LogP contribution in [0.1, 0.15) is 29.2 Å². The van der Waals surface area contributed by atoms with E-state index in [0.717, 1.165) is 62.2 Å². The molecule has 3 nitrogen and oxygen atoms in total. The van der Waals surface area contributed by atoms with Crippen molar-refractivity contribution in [1.82, 2.24) is 0 Å². The van der Waals surface area contributed by atoms with Crippen LogP contribution >= 0.6 is 0 Å². The largest absolute Gasteiger partial charge is 0.460 e. The average Bonchev–Trinajstić information content (AvgIpc) is 3.78. The molecule has 0 spiro atoms. The lowest BCUT2D eigenvalue weighted by Gasteiger charge is -2.30. The molecule has 250 valence electrons. The molecule has 2 heterocycles. The maximum Gasteiger partial charge on any atom is 0.135 e. The Kier molecular flexibility index (Phi) is 6.68. The van der Waals surface area contributed by atoms with Crippen LogP contribution in [0.5, 0.6) is 0 Å². The summed E-state index contributed by atoms with van der Waals surface area (Å²) >= 11 is 0. The van der Waals surface area contributed by atoms with Crippen LogP contribution in [-0.2, 0) is 0 Å². The van der Waals surface area contributed by atoms with E-state index in [1.54, 1.807) is 0 Å². The summed E-state index contributed by atoms with van der Waals surface area (Å²) in [4.78, 5) is 2.42. The zero-order valence-electron chi connectivity index (χ0n) is 28.9. The SMILES string of the molecule is C1=Cc2c(oc3cc4ccccc4cc23)C(c2ccccc2N(c2cccc(-c3cccc4ccccc34)c2)c2ccc3oc4ccccc4c3c2)C1. The molecule has 0 fully saturated rings. The number of fused-ring (bicyclic) bond motifs is 8. The van der Waals surface area contributed by atoms with Crippen molar-refractivity contribution in [3.05, 3.63) is 193 Å². The number of rotatable bonds is 5. The van der Waals surface area contributed by atoms with Crippen molar-refractivity contribution >= 4 is 77.6 Å². The van der Waals surface area contributed by atoms with E-state index >= 15 is 0 Å². The van der Waals surface area contributed by atoms with E-state index in [1.165, 1.54) is 43.8 Å². The second-order valence-corrected chi connectivity index (χ2v) is 14.0. The van der Waals surface area contributed by atoms with Crippen molar-refractivity contribution in [3.8, 4) is 11.1 Å². The van der Waals surface area contributed by atoms with E-state index in [0.29, 0.717) is 0 Å². The Morgan fingerprint density at radius 2 is 1.19 bits per heavy atom. The topological polar surface area (TPSA) is 29.5 Å². The van der Waals surface area contributed by atoms with Gasteiger partial charge in [0.1, 0.15) is 22.5 Å². The molecular formula is C50H33NO2. The van der Waals surface area contributed by atoms with E-state index in [9.17, 15) is 0 Å². The van der Waals surface area contributed by atoms with Crippen LogP contribution in [0.15, 0.2) is 185 Å². The molecule has 1 aliphatic rings. The van der Waals surface area contributed by atoms with E-state index in [1.807, 2.05) is 12.1 Å². The van der Waals surface area contributed by atoms with E-state index in [-0.39, 0.29) is 5.92 Å². The number of nitrogens with zero attached hydrogens (tertiary/aromatic N) is 1. The number of hydrogen-bond acceptors (Lipinski definition) is 3. The standard InChI is InChI=1S/C50H33NO2/c1-2-14-34-30-49-44(29-33(34)13-1)43-23-11-22-42(50(43)53-49)40-19-5-7-24-46(40)51(37-26-27-48-45(31-37)41-20-6-8-25-47(41)52-48)36-17-9-16-35(28-36)39-21-10-15-32-12-3-4-18-38(32)39/h1-21,23-31,42H,22H2. The van der Waals surface area contributed by atoms with Gasteiger partial charge in [0.25, 0.3) is 0 Å². The summed E-state index contributed by atoms with van der Waals surface area (Å²) in [7, 11) is 0. The predicted molar refractivity (Wildman–Crippen MR) is 221 cm³/mol. The Labute approximate surface area is 306 Å². The number of benzene rings is 8. The molecule has 3 heteroatoms. The fourth-order valence-corrected chi connectivity index (χ4v) is 8.50. The molecule has 0 amide bonds. The summed E-state index contributed by atoms with van der Waals surface area (Å²) in [6, 6.07) is 60.8. The lowest BCUT2D eigenvalue weighted by atomic mass is 9.85. The van der Waals surface area contributed by atoms with Gasteiger partial charge >= 0.3 is 0 Å². The average molecular weight is 680 g/mol.